The Morgan fingerprint density at radius 1 is 1.21 bits per heavy atom. The maximum Gasteiger partial charge on any atom is 0.275 e. The zero-order valence-corrected chi connectivity index (χ0v) is 15.7. The van der Waals surface area contributed by atoms with Crippen LogP contribution in [0.15, 0.2) is 53.6 Å². The highest BCUT2D eigenvalue weighted by Crippen LogP contribution is 2.20. The van der Waals surface area contributed by atoms with E-state index < -0.39 is 0 Å². The lowest BCUT2D eigenvalue weighted by molar-refractivity contribution is -0.00697. The molecule has 0 saturated carbocycles. The zero-order valence-electron chi connectivity index (χ0n) is 15.7. The van der Waals surface area contributed by atoms with Crippen LogP contribution in [0.1, 0.15) is 28.9 Å². The minimum Gasteiger partial charge on any atom is -0.372 e. The average molecular weight is 378 g/mol. The van der Waals surface area contributed by atoms with Gasteiger partial charge in [0.05, 0.1) is 18.1 Å². The Morgan fingerprint density at radius 2 is 2.04 bits per heavy atom. The van der Waals surface area contributed by atoms with Crippen molar-refractivity contribution in [3.63, 3.8) is 0 Å². The molecule has 3 aromatic rings. The van der Waals surface area contributed by atoms with Crippen LogP contribution in [-0.4, -0.2) is 44.8 Å². The number of carbonyl (C=O) groups is 1. The minimum absolute atomic E-state index is 0.0308. The summed E-state index contributed by atoms with van der Waals surface area (Å²) in [5.41, 5.74) is 1.12. The third-order valence-corrected chi connectivity index (χ3v) is 5.03. The van der Waals surface area contributed by atoms with Crippen molar-refractivity contribution in [1.82, 2.24) is 19.7 Å². The molecule has 0 unspecified atom stereocenters. The number of aromatic nitrogens is 3. The van der Waals surface area contributed by atoms with Crippen LogP contribution in [0.3, 0.4) is 0 Å². The molecule has 1 aliphatic heterocycles. The third kappa shape index (κ3) is 3.66. The number of hydrogen-bond donors (Lipinski definition) is 0. The highest BCUT2D eigenvalue weighted by molar-refractivity contribution is 6.04. The molecule has 1 aromatic carbocycles. The summed E-state index contributed by atoms with van der Waals surface area (Å²) in [5, 5.41) is 5.35. The number of rotatable bonds is 4. The molecule has 3 heterocycles. The molecule has 0 aliphatic carbocycles. The third-order valence-electron chi connectivity index (χ3n) is 5.03. The van der Waals surface area contributed by atoms with E-state index in [0.29, 0.717) is 36.2 Å². The topological polar surface area (TPSA) is 77.3 Å². The van der Waals surface area contributed by atoms with E-state index in [1.807, 2.05) is 18.2 Å². The monoisotopic (exact) mass is 378 g/mol. The van der Waals surface area contributed by atoms with Crippen molar-refractivity contribution in [2.75, 3.05) is 13.1 Å². The van der Waals surface area contributed by atoms with Crippen LogP contribution < -0.4 is 5.56 Å². The largest absolute Gasteiger partial charge is 0.372 e. The van der Waals surface area contributed by atoms with Crippen molar-refractivity contribution in [3.05, 3.63) is 70.4 Å². The summed E-state index contributed by atoms with van der Waals surface area (Å²) in [5.74, 6) is -0.165. The number of hydrogen-bond acceptors (Lipinski definition) is 5. The first-order valence-corrected chi connectivity index (χ1v) is 9.39. The van der Waals surface area contributed by atoms with E-state index in [1.54, 1.807) is 42.5 Å². The molecule has 1 amide bonds. The Morgan fingerprint density at radius 3 is 2.82 bits per heavy atom. The van der Waals surface area contributed by atoms with E-state index in [2.05, 4.69) is 10.1 Å². The summed E-state index contributed by atoms with van der Waals surface area (Å²) in [6.07, 6.45) is 5.26. The number of carbonyl (C=O) groups excluding carboxylic acids is 1. The molecule has 1 saturated heterocycles. The van der Waals surface area contributed by atoms with Gasteiger partial charge in [0, 0.05) is 37.9 Å². The minimum atomic E-state index is -0.205. The Balaban J connectivity index is 1.53. The molecule has 1 fully saturated rings. The predicted octanol–water partition coefficient (Wildman–Crippen LogP) is 2.15. The van der Waals surface area contributed by atoms with Gasteiger partial charge in [-0.25, -0.2) is 4.68 Å². The molecule has 0 radical (unpaired) electrons. The van der Waals surface area contributed by atoms with E-state index in [1.165, 1.54) is 4.68 Å². The Labute approximate surface area is 162 Å². The number of likely N-dealkylation sites (tertiary alicyclic amines) is 1. The Bertz CT molecular complexity index is 1050. The normalized spacial score (nSPS) is 17.0. The fraction of sp³-hybridized carbons (Fsp3) is 0.333. The van der Waals surface area contributed by atoms with Gasteiger partial charge in [0.2, 0.25) is 0 Å². The summed E-state index contributed by atoms with van der Waals surface area (Å²) in [7, 11) is 1.57. The second-order valence-corrected chi connectivity index (χ2v) is 7.01. The van der Waals surface area contributed by atoms with Crippen molar-refractivity contribution in [2.24, 2.45) is 7.05 Å². The molecule has 7 heteroatoms. The smallest absolute Gasteiger partial charge is 0.275 e. The van der Waals surface area contributed by atoms with Crippen LogP contribution >= 0.6 is 0 Å². The Hall–Kier alpha value is -3.06. The molecule has 1 atom stereocenters. The number of amides is 1. The molecule has 2 aromatic heterocycles. The van der Waals surface area contributed by atoms with Gasteiger partial charge in [-0.05, 0) is 30.5 Å². The lowest BCUT2D eigenvalue weighted by Crippen LogP contribution is -2.44. The molecular formula is C21H22N4O3. The van der Waals surface area contributed by atoms with Crippen molar-refractivity contribution >= 4 is 16.7 Å². The van der Waals surface area contributed by atoms with Crippen molar-refractivity contribution < 1.29 is 9.53 Å². The summed E-state index contributed by atoms with van der Waals surface area (Å²) in [4.78, 5) is 31.4. The SMILES string of the molecule is Cn1nc(C(=O)N2CCC[C@H](OCc3cccnc3)C2)c2ccccc2c1=O. The van der Waals surface area contributed by atoms with E-state index in [4.69, 9.17) is 4.74 Å². The number of ether oxygens (including phenoxy) is 1. The van der Waals surface area contributed by atoms with Crippen LogP contribution in [0.2, 0.25) is 0 Å². The van der Waals surface area contributed by atoms with Gasteiger partial charge in [-0.3, -0.25) is 14.6 Å². The molecule has 1 aliphatic rings. The predicted molar refractivity (Wildman–Crippen MR) is 105 cm³/mol. The number of benzene rings is 1. The lowest BCUT2D eigenvalue weighted by atomic mass is 10.1. The van der Waals surface area contributed by atoms with Crippen LogP contribution in [0.25, 0.3) is 10.8 Å². The fourth-order valence-corrected chi connectivity index (χ4v) is 3.56. The van der Waals surface area contributed by atoms with Crippen LogP contribution in [0, 0.1) is 0 Å². The highest BCUT2D eigenvalue weighted by atomic mass is 16.5. The van der Waals surface area contributed by atoms with Gasteiger partial charge in [0.25, 0.3) is 11.5 Å². The average Bonchev–Trinajstić information content (AvgIpc) is 2.75. The van der Waals surface area contributed by atoms with Crippen molar-refractivity contribution in [3.8, 4) is 0 Å². The molecule has 7 nitrogen and oxygen atoms in total. The van der Waals surface area contributed by atoms with E-state index >= 15 is 0 Å². The van der Waals surface area contributed by atoms with Gasteiger partial charge in [-0.15, -0.1) is 0 Å². The quantitative estimate of drug-likeness (QED) is 0.695. The zero-order chi connectivity index (χ0) is 19.5. The van der Waals surface area contributed by atoms with Gasteiger partial charge >= 0.3 is 0 Å². The van der Waals surface area contributed by atoms with Gasteiger partial charge in [-0.2, -0.15) is 5.10 Å². The van der Waals surface area contributed by atoms with Crippen molar-refractivity contribution in [1.29, 1.82) is 0 Å². The molecule has 4 rings (SSSR count). The summed E-state index contributed by atoms with van der Waals surface area (Å²) in [6, 6.07) is 11.0. The molecule has 144 valence electrons. The molecule has 0 bridgehead atoms. The number of aryl methyl sites for hydroxylation is 1. The maximum absolute atomic E-state index is 13.2. The fourth-order valence-electron chi connectivity index (χ4n) is 3.56. The van der Waals surface area contributed by atoms with Gasteiger partial charge in [0.1, 0.15) is 0 Å². The molecule has 28 heavy (non-hydrogen) atoms. The van der Waals surface area contributed by atoms with E-state index in [0.717, 1.165) is 18.4 Å². The molecular weight excluding hydrogens is 356 g/mol. The summed E-state index contributed by atoms with van der Waals surface area (Å²) in [6.45, 7) is 1.64. The first kappa shape index (κ1) is 18.3. The maximum atomic E-state index is 13.2. The number of piperidine rings is 1. The summed E-state index contributed by atoms with van der Waals surface area (Å²) >= 11 is 0. The second kappa shape index (κ2) is 7.90. The van der Waals surface area contributed by atoms with Gasteiger partial charge < -0.3 is 9.64 Å². The number of nitrogens with zero attached hydrogens (tertiary/aromatic N) is 4. The second-order valence-electron chi connectivity index (χ2n) is 7.01. The standard InChI is InChI=1S/C21H22N4O3/c1-24-20(26)18-9-3-2-8-17(18)19(23-24)21(27)25-11-5-7-16(13-25)28-14-15-6-4-10-22-12-15/h2-4,6,8-10,12,16H,5,7,11,13-14H2,1H3/t16-/m0/s1. The Kier molecular flexibility index (Phi) is 5.16. The lowest BCUT2D eigenvalue weighted by Gasteiger charge is -2.32. The first-order chi connectivity index (χ1) is 13.6. The van der Waals surface area contributed by atoms with Gasteiger partial charge in [0.15, 0.2) is 5.69 Å². The van der Waals surface area contributed by atoms with E-state index in [-0.39, 0.29) is 17.6 Å². The van der Waals surface area contributed by atoms with Crippen LogP contribution in [0.5, 0.6) is 0 Å². The van der Waals surface area contributed by atoms with Crippen LogP contribution in [-0.2, 0) is 18.4 Å². The van der Waals surface area contributed by atoms with Crippen molar-refractivity contribution in [2.45, 2.75) is 25.6 Å². The summed E-state index contributed by atoms with van der Waals surface area (Å²) < 4.78 is 7.24. The highest BCUT2D eigenvalue weighted by Gasteiger charge is 2.27. The van der Waals surface area contributed by atoms with E-state index in [9.17, 15) is 9.59 Å². The number of fused-ring (bicyclic) bond motifs is 1. The molecule has 0 spiro atoms. The van der Waals surface area contributed by atoms with Crippen LogP contribution in [0.4, 0.5) is 0 Å². The molecule has 0 N–H and O–H groups in total. The number of pyridine rings is 1. The first-order valence-electron chi connectivity index (χ1n) is 9.39. The van der Waals surface area contributed by atoms with Gasteiger partial charge in [-0.1, -0.05) is 24.3 Å².